The maximum Gasteiger partial charge on any atom is 0.328 e. The van der Waals surface area contributed by atoms with Crippen molar-refractivity contribution in [2.45, 2.75) is 19.9 Å². The van der Waals surface area contributed by atoms with E-state index in [-0.39, 0.29) is 11.7 Å². The second kappa shape index (κ2) is 4.63. The van der Waals surface area contributed by atoms with Crippen molar-refractivity contribution in [3.05, 3.63) is 39.7 Å². The van der Waals surface area contributed by atoms with Crippen LogP contribution in [0.3, 0.4) is 0 Å². The van der Waals surface area contributed by atoms with Crippen LogP contribution in [-0.4, -0.2) is 16.1 Å². The van der Waals surface area contributed by atoms with Crippen LogP contribution in [0.1, 0.15) is 19.9 Å². The molecule has 0 fully saturated rings. The molecule has 2 N–H and O–H groups in total. The number of hydrogen-bond acceptors (Lipinski definition) is 3. The van der Waals surface area contributed by atoms with Crippen molar-refractivity contribution in [3.8, 4) is 0 Å². The third kappa shape index (κ3) is 2.59. The fraction of sp³-hybridized carbons (Fsp3) is 0.400. The van der Waals surface area contributed by atoms with Crippen LogP contribution in [0.25, 0.3) is 0 Å². The zero-order valence-corrected chi connectivity index (χ0v) is 8.91. The first kappa shape index (κ1) is 11.3. The number of nitrogens with zero attached hydrogens (tertiary/aromatic N) is 1. The average Bonchev–Trinajstić information content (AvgIpc) is 2.16. The molecule has 0 spiro atoms. The summed E-state index contributed by atoms with van der Waals surface area (Å²) in [5, 5.41) is 2.86. The highest BCUT2D eigenvalue weighted by Gasteiger charge is 2.05. The summed E-state index contributed by atoms with van der Waals surface area (Å²) >= 11 is 0. The molecule has 1 rings (SSSR count). The lowest BCUT2D eigenvalue weighted by atomic mass is 10.4. The molecule has 0 bridgehead atoms. The maximum absolute atomic E-state index is 11.4. The lowest BCUT2D eigenvalue weighted by molar-refractivity contribution is 0.562. The summed E-state index contributed by atoms with van der Waals surface area (Å²) in [5.74, 6) is 0. The van der Waals surface area contributed by atoms with Gasteiger partial charge in [0, 0.05) is 18.8 Å². The molecule has 1 aromatic heterocycles. The van der Waals surface area contributed by atoms with Crippen LogP contribution in [0.5, 0.6) is 0 Å². The zero-order chi connectivity index (χ0) is 11.4. The highest BCUT2D eigenvalue weighted by Crippen LogP contribution is 2.01. The Morgan fingerprint density at radius 1 is 1.60 bits per heavy atom. The van der Waals surface area contributed by atoms with Crippen LogP contribution in [0.15, 0.2) is 28.4 Å². The van der Waals surface area contributed by atoms with E-state index in [1.165, 1.54) is 10.8 Å². The molecule has 0 aliphatic carbocycles. The zero-order valence-electron chi connectivity index (χ0n) is 8.91. The van der Waals surface area contributed by atoms with Crippen LogP contribution in [0.2, 0.25) is 0 Å². The van der Waals surface area contributed by atoms with Gasteiger partial charge in [0.15, 0.2) is 0 Å². The molecule has 5 nitrogen and oxygen atoms in total. The van der Waals surface area contributed by atoms with E-state index in [1.807, 2.05) is 13.8 Å². The minimum atomic E-state index is -0.404. The molecule has 0 aliphatic heterocycles. The Morgan fingerprint density at radius 2 is 2.27 bits per heavy atom. The first-order chi connectivity index (χ1) is 7.06. The summed E-state index contributed by atoms with van der Waals surface area (Å²) in [6.45, 7) is 7.77. The quantitative estimate of drug-likeness (QED) is 0.718. The summed E-state index contributed by atoms with van der Waals surface area (Å²) in [7, 11) is 0. The van der Waals surface area contributed by atoms with Gasteiger partial charge in [-0.25, -0.2) is 4.79 Å². The normalized spacial score (nSPS) is 10.3. The summed E-state index contributed by atoms with van der Waals surface area (Å²) in [4.78, 5) is 25.0. The van der Waals surface area contributed by atoms with Crippen molar-refractivity contribution in [1.82, 2.24) is 9.55 Å². The number of nitrogens with one attached hydrogen (secondary N) is 2. The van der Waals surface area contributed by atoms with E-state index >= 15 is 0 Å². The molecule has 15 heavy (non-hydrogen) atoms. The van der Waals surface area contributed by atoms with Gasteiger partial charge in [0.05, 0.1) is 0 Å². The van der Waals surface area contributed by atoms with Gasteiger partial charge in [-0.2, -0.15) is 0 Å². The lowest BCUT2D eigenvalue weighted by Gasteiger charge is -2.10. The molecule has 0 atom stereocenters. The number of aromatic amines is 1. The Hall–Kier alpha value is -1.78. The van der Waals surface area contributed by atoms with E-state index in [9.17, 15) is 9.59 Å². The molecule has 82 valence electrons. The average molecular weight is 209 g/mol. The van der Waals surface area contributed by atoms with Gasteiger partial charge in [-0.1, -0.05) is 6.08 Å². The second-order valence-electron chi connectivity index (χ2n) is 3.47. The summed E-state index contributed by atoms with van der Waals surface area (Å²) < 4.78 is 1.47. The molecule has 0 unspecified atom stereocenters. The summed E-state index contributed by atoms with van der Waals surface area (Å²) in [6, 6.07) is 0.0126. The topological polar surface area (TPSA) is 66.9 Å². The highest BCUT2D eigenvalue weighted by molar-refractivity contribution is 5.38. The molecule has 0 saturated carbocycles. The minimum Gasteiger partial charge on any atom is -0.376 e. The number of anilines is 1. The minimum absolute atomic E-state index is 0.0126. The van der Waals surface area contributed by atoms with Gasteiger partial charge in [-0.05, 0) is 13.8 Å². The SMILES string of the molecule is C=CCNc1cn(C(C)C)c(=O)[nH]c1=O. The van der Waals surface area contributed by atoms with Gasteiger partial charge in [-0.15, -0.1) is 6.58 Å². The highest BCUT2D eigenvalue weighted by atomic mass is 16.2. The van der Waals surface area contributed by atoms with E-state index in [4.69, 9.17) is 0 Å². The van der Waals surface area contributed by atoms with Gasteiger partial charge in [0.25, 0.3) is 5.56 Å². The van der Waals surface area contributed by atoms with Crippen molar-refractivity contribution in [2.75, 3.05) is 11.9 Å². The van der Waals surface area contributed by atoms with E-state index in [0.717, 1.165) is 0 Å². The molecule has 0 radical (unpaired) electrons. The summed E-state index contributed by atoms with van der Waals surface area (Å²) in [5.41, 5.74) is -0.416. The van der Waals surface area contributed by atoms with Gasteiger partial charge in [-0.3, -0.25) is 14.3 Å². The maximum atomic E-state index is 11.4. The smallest absolute Gasteiger partial charge is 0.328 e. The van der Waals surface area contributed by atoms with Gasteiger partial charge in [0.2, 0.25) is 0 Å². The Morgan fingerprint density at radius 3 is 2.80 bits per heavy atom. The standard InChI is InChI=1S/C10H15N3O2/c1-4-5-11-8-6-13(7(2)3)10(15)12-9(8)14/h4,6-7,11H,1,5H2,2-3H3,(H,12,14,15). The molecular weight excluding hydrogens is 194 g/mol. The van der Waals surface area contributed by atoms with E-state index in [2.05, 4.69) is 16.9 Å². The Labute approximate surface area is 87.5 Å². The molecule has 0 amide bonds. The fourth-order valence-corrected chi connectivity index (χ4v) is 1.18. The molecule has 0 aliphatic rings. The number of aromatic nitrogens is 2. The van der Waals surface area contributed by atoms with Crippen LogP contribution < -0.4 is 16.6 Å². The number of H-pyrrole nitrogens is 1. The molecule has 0 saturated heterocycles. The number of hydrogen-bond donors (Lipinski definition) is 2. The predicted molar refractivity (Wildman–Crippen MR) is 60.4 cm³/mol. The van der Waals surface area contributed by atoms with Crippen molar-refractivity contribution in [3.63, 3.8) is 0 Å². The predicted octanol–water partition coefficient (Wildman–Crippen LogP) is 0.715. The first-order valence-electron chi connectivity index (χ1n) is 4.76. The van der Waals surface area contributed by atoms with Crippen LogP contribution >= 0.6 is 0 Å². The van der Waals surface area contributed by atoms with E-state index in [0.29, 0.717) is 12.2 Å². The largest absolute Gasteiger partial charge is 0.376 e. The van der Waals surface area contributed by atoms with Crippen molar-refractivity contribution < 1.29 is 0 Å². The van der Waals surface area contributed by atoms with Crippen LogP contribution in [-0.2, 0) is 0 Å². The van der Waals surface area contributed by atoms with Gasteiger partial charge in [0.1, 0.15) is 5.69 Å². The molecule has 1 heterocycles. The van der Waals surface area contributed by atoms with Crippen LogP contribution in [0.4, 0.5) is 5.69 Å². The Kier molecular flexibility index (Phi) is 3.49. The van der Waals surface area contributed by atoms with Crippen molar-refractivity contribution in [1.29, 1.82) is 0 Å². The molecule has 0 aromatic carbocycles. The Balaban J connectivity index is 3.17. The lowest BCUT2D eigenvalue weighted by Crippen LogP contribution is -2.32. The summed E-state index contributed by atoms with van der Waals surface area (Å²) in [6.07, 6.45) is 3.17. The van der Waals surface area contributed by atoms with Crippen molar-refractivity contribution in [2.24, 2.45) is 0 Å². The van der Waals surface area contributed by atoms with Gasteiger partial charge >= 0.3 is 5.69 Å². The van der Waals surface area contributed by atoms with Gasteiger partial charge < -0.3 is 5.32 Å². The fourth-order valence-electron chi connectivity index (χ4n) is 1.18. The molecule has 1 aromatic rings. The van der Waals surface area contributed by atoms with E-state index < -0.39 is 5.56 Å². The first-order valence-corrected chi connectivity index (χ1v) is 4.76. The third-order valence-corrected chi connectivity index (χ3v) is 1.96. The Bertz CT molecular complexity index is 456. The third-order valence-electron chi connectivity index (χ3n) is 1.96. The monoisotopic (exact) mass is 209 g/mol. The van der Waals surface area contributed by atoms with Crippen molar-refractivity contribution >= 4 is 5.69 Å². The second-order valence-corrected chi connectivity index (χ2v) is 3.47. The molecule has 5 heteroatoms. The van der Waals surface area contributed by atoms with Crippen LogP contribution in [0, 0.1) is 0 Å². The van der Waals surface area contributed by atoms with E-state index in [1.54, 1.807) is 6.08 Å². The number of rotatable bonds is 4. The molecular formula is C10H15N3O2.